The van der Waals surface area contributed by atoms with Crippen LogP contribution < -0.4 is 9.64 Å². The fraction of sp³-hybridized carbons (Fsp3) is 0.562. The van der Waals surface area contributed by atoms with Crippen LogP contribution in [0.1, 0.15) is 19.3 Å². The topological polar surface area (TPSA) is 53.0 Å². The van der Waals surface area contributed by atoms with Gasteiger partial charge in [-0.2, -0.15) is 8.78 Å². The van der Waals surface area contributed by atoms with Crippen molar-refractivity contribution in [2.45, 2.75) is 38.0 Å². The zero-order valence-corrected chi connectivity index (χ0v) is 12.7. The largest absolute Gasteiger partial charge is 0.435 e. The van der Waals surface area contributed by atoms with E-state index in [0.29, 0.717) is 25.2 Å². The molecule has 2 saturated heterocycles. The lowest BCUT2D eigenvalue weighted by atomic mass is 10.0. The molecule has 5 nitrogen and oxygen atoms in total. The van der Waals surface area contributed by atoms with E-state index in [1.165, 1.54) is 12.1 Å². The zero-order chi connectivity index (χ0) is 16.4. The number of aliphatic hydroxyl groups excluding tert-OH is 1. The molecule has 0 spiro atoms. The first-order valence-corrected chi connectivity index (χ1v) is 7.83. The Morgan fingerprint density at radius 1 is 1.17 bits per heavy atom. The number of aliphatic hydroxyl groups is 1. The van der Waals surface area contributed by atoms with Crippen LogP contribution in [0.15, 0.2) is 24.3 Å². The Bertz CT molecular complexity index is 553. The minimum absolute atomic E-state index is 0.00729. The second-order valence-electron chi connectivity index (χ2n) is 5.96. The van der Waals surface area contributed by atoms with E-state index in [2.05, 4.69) is 4.74 Å². The number of anilines is 1. The van der Waals surface area contributed by atoms with Crippen LogP contribution in [0.5, 0.6) is 5.75 Å². The number of ether oxygens (including phenoxy) is 1. The molecule has 2 aliphatic rings. The number of halogens is 2. The lowest BCUT2D eigenvalue weighted by Gasteiger charge is -2.36. The van der Waals surface area contributed by atoms with Gasteiger partial charge in [0.25, 0.3) is 0 Å². The average molecular weight is 326 g/mol. The Kier molecular flexibility index (Phi) is 4.77. The number of hydrogen-bond donors (Lipinski definition) is 1. The van der Waals surface area contributed by atoms with Gasteiger partial charge in [0, 0.05) is 25.3 Å². The Morgan fingerprint density at radius 2 is 1.91 bits per heavy atom. The number of carbonyl (C=O) groups excluding carboxylic acids is 1. The SMILES string of the molecule is O=C1C(N2CC[C@H](O)C2)CCCN1c1ccc(OC(F)F)cc1. The molecule has 2 heterocycles. The maximum atomic E-state index is 12.7. The third-order valence-corrected chi connectivity index (χ3v) is 4.42. The van der Waals surface area contributed by atoms with Gasteiger partial charge in [0.2, 0.25) is 5.91 Å². The fourth-order valence-electron chi connectivity index (χ4n) is 3.31. The predicted molar refractivity (Wildman–Crippen MR) is 80.6 cm³/mol. The van der Waals surface area contributed by atoms with E-state index in [1.54, 1.807) is 17.0 Å². The summed E-state index contributed by atoms with van der Waals surface area (Å²) < 4.78 is 28.7. The number of nitrogens with zero attached hydrogens (tertiary/aromatic N) is 2. The van der Waals surface area contributed by atoms with Gasteiger partial charge in [0.15, 0.2) is 0 Å². The standard InChI is InChI=1S/C16H20F2N2O3/c17-16(18)23-13-5-3-11(4-6-13)20-8-1-2-14(15(20)22)19-9-7-12(21)10-19/h3-6,12,14,16,21H,1-2,7-10H2/t12-,14?/m0/s1. The molecule has 1 aromatic rings. The van der Waals surface area contributed by atoms with Crippen LogP contribution in [0.2, 0.25) is 0 Å². The van der Waals surface area contributed by atoms with Crippen molar-refractivity contribution >= 4 is 11.6 Å². The molecule has 0 aliphatic carbocycles. The number of β-amino-alcohol motifs (C(OH)–C–C–N with tert-alkyl or cyclic N) is 1. The normalized spacial score (nSPS) is 26.1. The summed E-state index contributed by atoms with van der Waals surface area (Å²) >= 11 is 0. The molecule has 1 aromatic carbocycles. The summed E-state index contributed by atoms with van der Waals surface area (Å²) in [6.07, 6.45) is 2.00. The highest BCUT2D eigenvalue weighted by Crippen LogP contribution is 2.27. The van der Waals surface area contributed by atoms with Crippen LogP contribution in [0.4, 0.5) is 14.5 Å². The lowest BCUT2D eigenvalue weighted by Crippen LogP contribution is -2.52. The third kappa shape index (κ3) is 3.61. The molecular formula is C16H20F2N2O3. The van der Waals surface area contributed by atoms with Crippen molar-refractivity contribution < 1.29 is 23.4 Å². The number of rotatable bonds is 4. The molecule has 2 fully saturated rings. The molecule has 23 heavy (non-hydrogen) atoms. The minimum atomic E-state index is -2.86. The predicted octanol–water partition coefficient (Wildman–Crippen LogP) is 1.85. The van der Waals surface area contributed by atoms with Crippen molar-refractivity contribution in [3.8, 4) is 5.75 Å². The molecule has 1 unspecified atom stereocenters. The lowest BCUT2D eigenvalue weighted by molar-refractivity contribution is -0.125. The summed E-state index contributed by atoms with van der Waals surface area (Å²) in [5.74, 6) is 0.0836. The summed E-state index contributed by atoms with van der Waals surface area (Å²) in [4.78, 5) is 16.5. The van der Waals surface area contributed by atoms with Crippen molar-refractivity contribution in [2.24, 2.45) is 0 Å². The van der Waals surface area contributed by atoms with E-state index < -0.39 is 6.61 Å². The van der Waals surface area contributed by atoms with Gasteiger partial charge in [-0.3, -0.25) is 9.69 Å². The fourth-order valence-corrected chi connectivity index (χ4v) is 3.31. The van der Waals surface area contributed by atoms with Crippen molar-refractivity contribution in [1.82, 2.24) is 4.90 Å². The molecule has 2 atom stereocenters. The van der Waals surface area contributed by atoms with Gasteiger partial charge < -0.3 is 14.7 Å². The number of benzene rings is 1. The second-order valence-corrected chi connectivity index (χ2v) is 5.96. The summed E-state index contributed by atoms with van der Waals surface area (Å²) in [5.41, 5.74) is 0.682. The number of alkyl halides is 2. The molecule has 0 saturated carbocycles. The van der Waals surface area contributed by atoms with Crippen LogP contribution >= 0.6 is 0 Å². The van der Waals surface area contributed by atoms with E-state index >= 15 is 0 Å². The van der Waals surface area contributed by atoms with Gasteiger partial charge >= 0.3 is 6.61 Å². The first-order chi connectivity index (χ1) is 11.0. The number of carbonyl (C=O) groups is 1. The second kappa shape index (κ2) is 6.80. The maximum Gasteiger partial charge on any atom is 0.387 e. The van der Waals surface area contributed by atoms with E-state index in [9.17, 15) is 18.7 Å². The van der Waals surface area contributed by atoms with Crippen LogP contribution in [-0.4, -0.2) is 54.3 Å². The zero-order valence-electron chi connectivity index (χ0n) is 12.7. The first-order valence-electron chi connectivity index (χ1n) is 7.83. The van der Waals surface area contributed by atoms with E-state index in [-0.39, 0.29) is 23.8 Å². The monoisotopic (exact) mass is 326 g/mol. The third-order valence-electron chi connectivity index (χ3n) is 4.42. The molecule has 2 aliphatic heterocycles. The first kappa shape index (κ1) is 16.1. The molecule has 0 radical (unpaired) electrons. The summed E-state index contributed by atoms with van der Waals surface area (Å²) in [7, 11) is 0. The summed E-state index contributed by atoms with van der Waals surface area (Å²) in [5, 5.41) is 9.66. The van der Waals surface area contributed by atoms with Crippen LogP contribution in [0.3, 0.4) is 0 Å². The number of hydrogen-bond acceptors (Lipinski definition) is 4. The Hall–Kier alpha value is -1.73. The average Bonchev–Trinajstić information content (AvgIpc) is 2.94. The van der Waals surface area contributed by atoms with E-state index in [4.69, 9.17) is 0 Å². The van der Waals surface area contributed by atoms with Crippen LogP contribution in [-0.2, 0) is 4.79 Å². The Balaban J connectivity index is 1.70. The number of amides is 1. The Morgan fingerprint density at radius 3 is 2.52 bits per heavy atom. The van der Waals surface area contributed by atoms with Crippen molar-refractivity contribution in [3.05, 3.63) is 24.3 Å². The number of piperidine rings is 1. The van der Waals surface area contributed by atoms with Gasteiger partial charge in [-0.15, -0.1) is 0 Å². The highest BCUT2D eigenvalue weighted by Gasteiger charge is 2.36. The maximum absolute atomic E-state index is 12.7. The molecule has 1 amide bonds. The van der Waals surface area contributed by atoms with Crippen LogP contribution in [0, 0.1) is 0 Å². The van der Waals surface area contributed by atoms with Gasteiger partial charge in [0.05, 0.1) is 12.1 Å². The smallest absolute Gasteiger partial charge is 0.387 e. The highest BCUT2D eigenvalue weighted by molar-refractivity contribution is 5.98. The van der Waals surface area contributed by atoms with Crippen LogP contribution in [0.25, 0.3) is 0 Å². The molecule has 0 aromatic heterocycles. The molecule has 0 bridgehead atoms. The van der Waals surface area contributed by atoms with Gasteiger partial charge in [-0.05, 0) is 43.5 Å². The molecule has 7 heteroatoms. The molecule has 1 N–H and O–H groups in total. The van der Waals surface area contributed by atoms with Gasteiger partial charge in [-0.1, -0.05) is 0 Å². The Labute approximate surface area is 133 Å². The van der Waals surface area contributed by atoms with Crippen molar-refractivity contribution in [1.29, 1.82) is 0 Å². The van der Waals surface area contributed by atoms with Gasteiger partial charge in [-0.25, -0.2) is 0 Å². The van der Waals surface area contributed by atoms with Crippen molar-refractivity contribution in [2.75, 3.05) is 24.5 Å². The molecule has 3 rings (SSSR count). The summed E-state index contributed by atoms with van der Waals surface area (Å²) in [6.45, 7) is -0.984. The van der Waals surface area contributed by atoms with Gasteiger partial charge in [0.1, 0.15) is 5.75 Å². The molecular weight excluding hydrogens is 306 g/mol. The molecule has 126 valence electrons. The quantitative estimate of drug-likeness (QED) is 0.917. The summed E-state index contributed by atoms with van der Waals surface area (Å²) in [6, 6.07) is 5.92. The van der Waals surface area contributed by atoms with Crippen molar-refractivity contribution in [3.63, 3.8) is 0 Å². The van der Waals surface area contributed by atoms with E-state index in [1.807, 2.05) is 4.90 Å². The minimum Gasteiger partial charge on any atom is -0.435 e. The van der Waals surface area contributed by atoms with E-state index in [0.717, 1.165) is 19.4 Å². The number of likely N-dealkylation sites (tertiary alicyclic amines) is 1. The highest BCUT2D eigenvalue weighted by atomic mass is 19.3.